The molecule has 7 heteroatoms. The van der Waals surface area contributed by atoms with E-state index in [4.69, 9.17) is 4.74 Å². The molecule has 0 atom stereocenters. The van der Waals surface area contributed by atoms with Crippen LogP contribution in [-0.4, -0.2) is 37.9 Å². The van der Waals surface area contributed by atoms with Crippen molar-refractivity contribution >= 4 is 5.95 Å². The molecule has 0 unspecified atom stereocenters. The zero-order chi connectivity index (χ0) is 12.8. The van der Waals surface area contributed by atoms with Crippen LogP contribution in [0.3, 0.4) is 0 Å². The lowest BCUT2D eigenvalue weighted by Crippen LogP contribution is -2.11. The molecule has 0 bridgehead atoms. The molecule has 1 N–H and O–H groups in total. The van der Waals surface area contributed by atoms with E-state index in [1.165, 1.54) is 0 Å². The van der Waals surface area contributed by atoms with Gasteiger partial charge in [-0.1, -0.05) is 0 Å². The van der Waals surface area contributed by atoms with Gasteiger partial charge in [0.1, 0.15) is 12.2 Å². The molecule has 0 amide bonds. The first-order valence-corrected chi connectivity index (χ1v) is 5.82. The Morgan fingerprint density at radius 2 is 2.33 bits per heavy atom. The van der Waals surface area contributed by atoms with Gasteiger partial charge in [-0.05, 0) is 6.92 Å². The Labute approximate surface area is 105 Å². The van der Waals surface area contributed by atoms with E-state index in [1.807, 2.05) is 18.5 Å². The lowest BCUT2D eigenvalue weighted by molar-refractivity contribution is 0.326. The fraction of sp³-hybridized carbons (Fsp3) is 0.455. The number of rotatable bonds is 6. The van der Waals surface area contributed by atoms with E-state index < -0.39 is 0 Å². The molecule has 2 aromatic rings. The van der Waals surface area contributed by atoms with Crippen molar-refractivity contribution in [2.75, 3.05) is 18.5 Å². The first-order chi connectivity index (χ1) is 8.79. The zero-order valence-electron chi connectivity index (χ0n) is 10.5. The van der Waals surface area contributed by atoms with Gasteiger partial charge >= 0.3 is 0 Å². The minimum Gasteiger partial charge on any atom is -0.478 e. The first kappa shape index (κ1) is 12.3. The maximum Gasteiger partial charge on any atom is 0.225 e. The summed E-state index contributed by atoms with van der Waals surface area (Å²) >= 11 is 0. The van der Waals surface area contributed by atoms with Crippen LogP contribution in [0.4, 0.5) is 5.95 Å². The van der Waals surface area contributed by atoms with E-state index in [1.54, 1.807) is 18.6 Å². The lowest BCUT2D eigenvalue weighted by Gasteiger charge is -2.06. The quantitative estimate of drug-likeness (QED) is 0.809. The summed E-state index contributed by atoms with van der Waals surface area (Å²) in [6.45, 7) is 3.21. The summed E-state index contributed by atoms with van der Waals surface area (Å²) in [5, 5.41) is 10.9. The Hall–Kier alpha value is -2.18. The highest BCUT2D eigenvalue weighted by molar-refractivity contribution is 5.27. The van der Waals surface area contributed by atoms with Crippen LogP contribution in [0.2, 0.25) is 0 Å². The Kier molecular flexibility index (Phi) is 4.06. The molecule has 2 heterocycles. The van der Waals surface area contributed by atoms with Gasteiger partial charge < -0.3 is 14.6 Å². The maximum absolute atomic E-state index is 5.30. The summed E-state index contributed by atoms with van der Waals surface area (Å²) in [6, 6.07) is 1.73. The van der Waals surface area contributed by atoms with Crippen molar-refractivity contribution in [2.24, 2.45) is 7.05 Å². The van der Waals surface area contributed by atoms with Crippen LogP contribution < -0.4 is 10.1 Å². The molecule has 2 aromatic heterocycles. The zero-order valence-corrected chi connectivity index (χ0v) is 10.5. The maximum atomic E-state index is 5.30. The number of nitrogens with zero attached hydrogens (tertiary/aromatic N) is 5. The highest BCUT2D eigenvalue weighted by atomic mass is 16.5. The first-order valence-electron chi connectivity index (χ1n) is 5.82. The van der Waals surface area contributed by atoms with Gasteiger partial charge in [0.25, 0.3) is 0 Å². The van der Waals surface area contributed by atoms with Gasteiger partial charge in [-0.25, -0.2) is 4.98 Å². The summed E-state index contributed by atoms with van der Waals surface area (Å²) in [5.41, 5.74) is 0. The predicted octanol–water partition coefficient (Wildman–Crippen LogP) is 0.658. The summed E-state index contributed by atoms with van der Waals surface area (Å²) < 4.78 is 7.19. The van der Waals surface area contributed by atoms with Crippen LogP contribution in [0.15, 0.2) is 18.6 Å². The van der Waals surface area contributed by atoms with Crippen molar-refractivity contribution in [2.45, 2.75) is 13.3 Å². The molecule has 18 heavy (non-hydrogen) atoms. The van der Waals surface area contributed by atoms with Gasteiger partial charge in [0.15, 0.2) is 0 Å². The summed E-state index contributed by atoms with van der Waals surface area (Å²) in [4.78, 5) is 8.33. The standard InChI is InChI=1S/C11H16N6O/c1-3-18-10-5-7-13-11(15-10)12-6-4-9-16-14-8-17(9)2/h5,7-8H,3-4,6H2,1-2H3,(H,12,13,15). The topological polar surface area (TPSA) is 77.8 Å². The molecule has 0 saturated heterocycles. The molecule has 96 valence electrons. The monoisotopic (exact) mass is 248 g/mol. The molecule has 0 aliphatic rings. The summed E-state index contributed by atoms with van der Waals surface area (Å²) in [7, 11) is 1.92. The van der Waals surface area contributed by atoms with Gasteiger partial charge in [-0.15, -0.1) is 10.2 Å². The average Bonchev–Trinajstić information content (AvgIpc) is 2.76. The largest absolute Gasteiger partial charge is 0.478 e. The van der Waals surface area contributed by atoms with Crippen molar-refractivity contribution in [1.29, 1.82) is 0 Å². The van der Waals surface area contributed by atoms with Crippen LogP contribution in [0, 0.1) is 0 Å². The van der Waals surface area contributed by atoms with E-state index in [2.05, 4.69) is 25.5 Å². The third kappa shape index (κ3) is 3.16. The average molecular weight is 248 g/mol. The van der Waals surface area contributed by atoms with Crippen LogP contribution in [0.25, 0.3) is 0 Å². The number of ether oxygens (including phenoxy) is 1. The van der Waals surface area contributed by atoms with Gasteiger partial charge in [0.05, 0.1) is 6.61 Å². The molecule has 0 saturated carbocycles. The second-order valence-electron chi connectivity index (χ2n) is 3.69. The molecular formula is C11H16N6O. The van der Waals surface area contributed by atoms with E-state index in [-0.39, 0.29) is 0 Å². The highest BCUT2D eigenvalue weighted by Gasteiger charge is 2.02. The number of aromatic nitrogens is 5. The van der Waals surface area contributed by atoms with Crippen molar-refractivity contribution in [3.8, 4) is 5.88 Å². The molecule has 0 spiro atoms. The van der Waals surface area contributed by atoms with Crippen molar-refractivity contribution < 1.29 is 4.74 Å². The number of anilines is 1. The summed E-state index contributed by atoms with van der Waals surface area (Å²) in [5.74, 6) is 2.06. The Morgan fingerprint density at radius 3 is 3.06 bits per heavy atom. The van der Waals surface area contributed by atoms with Crippen LogP contribution in [-0.2, 0) is 13.5 Å². The predicted molar refractivity (Wildman–Crippen MR) is 66.4 cm³/mol. The smallest absolute Gasteiger partial charge is 0.225 e. The fourth-order valence-corrected chi connectivity index (χ4v) is 1.48. The molecule has 0 aliphatic heterocycles. The normalized spacial score (nSPS) is 10.3. The molecule has 0 aliphatic carbocycles. The molecule has 0 fully saturated rings. The Balaban J connectivity index is 1.86. The number of hydrogen-bond donors (Lipinski definition) is 1. The molecule has 0 radical (unpaired) electrons. The third-order valence-electron chi connectivity index (χ3n) is 2.36. The second-order valence-corrected chi connectivity index (χ2v) is 3.69. The SMILES string of the molecule is CCOc1ccnc(NCCc2nncn2C)n1. The van der Waals surface area contributed by atoms with Crippen LogP contribution in [0.5, 0.6) is 5.88 Å². The third-order valence-corrected chi connectivity index (χ3v) is 2.36. The molecule has 2 rings (SSSR count). The van der Waals surface area contributed by atoms with E-state index in [0.29, 0.717) is 25.0 Å². The van der Waals surface area contributed by atoms with Gasteiger partial charge in [-0.3, -0.25) is 0 Å². The number of nitrogens with one attached hydrogen (secondary N) is 1. The van der Waals surface area contributed by atoms with Crippen LogP contribution >= 0.6 is 0 Å². The Morgan fingerprint density at radius 1 is 1.44 bits per heavy atom. The minimum atomic E-state index is 0.558. The van der Waals surface area contributed by atoms with Gasteiger partial charge in [0, 0.05) is 32.3 Å². The molecular weight excluding hydrogens is 232 g/mol. The van der Waals surface area contributed by atoms with Crippen molar-refractivity contribution in [3.63, 3.8) is 0 Å². The summed E-state index contributed by atoms with van der Waals surface area (Å²) in [6.07, 6.45) is 4.11. The van der Waals surface area contributed by atoms with Crippen LogP contribution in [0.1, 0.15) is 12.7 Å². The van der Waals surface area contributed by atoms with Crippen molar-refractivity contribution in [1.82, 2.24) is 24.7 Å². The highest BCUT2D eigenvalue weighted by Crippen LogP contribution is 2.07. The number of hydrogen-bond acceptors (Lipinski definition) is 6. The van der Waals surface area contributed by atoms with Gasteiger partial charge in [-0.2, -0.15) is 4.98 Å². The number of aryl methyl sites for hydroxylation is 1. The van der Waals surface area contributed by atoms with E-state index in [9.17, 15) is 0 Å². The van der Waals surface area contributed by atoms with Crippen molar-refractivity contribution in [3.05, 3.63) is 24.4 Å². The second kappa shape index (κ2) is 5.95. The van der Waals surface area contributed by atoms with E-state index in [0.717, 1.165) is 12.2 Å². The Bertz CT molecular complexity index is 498. The van der Waals surface area contributed by atoms with E-state index >= 15 is 0 Å². The minimum absolute atomic E-state index is 0.558. The molecule has 0 aromatic carbocycles. The van der Waals surface area contributed by atoms with Gasteiger partial charge in [0.2, 0.25) is 11.8 Å². The lowest BCUT2D eigenvalue weighted by atomic mass is 10.4. The fourth-order valence-electron chi connectivity index (χ4n) is 1.48. The molecule has 7 nitrogen and oxygen atoms in total.